The van der Waals surface area contributed by atoms with Gasteiger partial charge in [0.25, 0.3) is 0 Å². The third-order valence-corrected chi connectivity index (χ3v) is 6.53. The Morgan fingerprint density at radius 2 is 1.79 bits per heavy atom. The van der Waals surface area contributed by atoms with Crippen LogP contribution in [0.3, 0.4) is 0 Å². The molecule has 5 rings (SSSR count). The van der Waals surface area contributed by atoms with Crippen LogP contribution in [0.4, 0.5) is 10.5 Å². The lowest BCUT2D eigenvalue weighted by Crippen LogP contribution is -2.50. The molecule has 1 aromatic heterocycles. The average Bonchev–Trinajstić information content (AvgIpc) is 3.45. The van der Waals surface area contributed by atoms with Crippen molar-refractivity contribution in [3.63, 3.8) is 0 Å². The Kier molecular flexibility index (Phi) is 5.54. The van der Waals surface area contributed by atoms with E-state index >= 15 is 0 Å². The Bertz CT molecular complexity index is 1150. The van der Waals surface area contributed by atoms with Crippen LogP contribution < -0.4 is 15.0 Å². The number of hydrogen-bond acceptors (Lipinski definition) is 3. The molecule has 2 unspecified atom stereocenters. The van der Waals surface area contributed by atoms with Gasteiger partial charge in [-0.2, -0.15) is 0 Å². The van der Waals surface area contributed by atoms with E-state index in [-0.39, 0.29) is 24.0 Å². The quantitative estimate of drug-likeness (QED) is 0.667. The van der Waals surface area contributed by atoms with Crippen LogP contribution in [0.5, 0.6) is 5.75 Å². The lowest BCUT2D eigenvalue weighted by molar-refractivity contribution is -0.117. The van der Waals surface area contributed by atoms with E-state index in [1.54, 1.807) is 12.0 Å². The number of anilines is 1. The zero-order valence-corrected chi connectivity index (χ0v) is 18.9. The molecule has 0 spiro atoms. The first kappa shape index (κ1) is 21.1. The molecular formula is C26H28N4O3. The van der Waals surface area contributed by atoms with Gasteiger partial charge in [0.15, 0.2) is 0 Å². The number of aryl methyl sites for hydroxylation is 1. The highest BCUT2D eigenvalue weighted by atomic mass is 16.5. The molecule has 2 aromatic carbocycles. The second kappa shape index (κ2) is 8.65. The van der Waals surface area contributed by atoms with E-state index in [4.69, 9.17) is 4.74 Å². The molecule has 33 heavy (non-hydrogen) atoms. The van der Waals surface area contributed by atoms with Crippen molar-refractivity contribution in [3.05, 3.63) is 83.7 Å². The maximum Gasteiger partial charge on any atom is 0.318 e. The van der Waals surface area contributed by atoms with Crippen LogP contribution >= 0.6 is 0 Å². The Labute approximate surface area is 193 Å². The zero-order valence-electron chi connectivity index (χ0n) is 18.9. The summed E-state index contributed by atoms with van der Waals surface area (Å²) in [5, 5.41) is 3.13. The number of urea groups is 1. The normalized spacial score (nSPS) is 20.0. The van der Waals surface area contributed by atoms with Crippen LogP contribution in [0, 0.1) is 6.92 Å². The molecular weight excluding hydrogens is 416 g/mol. The molecule has 0 radical (unpaired) electrons. The SMILES string of the molecule is COc1ccc(C2c3cccn3CCN2C(=O)NC2CC(=O)N(c3ccc(C)cc3)C2)cc1. The molecule has 3 amide bonds. The third-order valence-electron chi connectivity index (χ3n) is 6.53. The maximum atomic E-state index is 13.4. The van der Waals surface area contributed by atoms with E-state index in [0.29, 0.717) is 19.5 Å². The zero-order chi connectivity index (χ0) is 22.9. The van der Waals surface area contributed by atoms with Crippen molar-refractivity contribution in [3.8, 4) is 5.75 Å². The summed E-state index contributed by atoms with van der Waals surface area (Å²) < 4.78 is 7.49. The number of methoxy groups -OCH3 is 1. The first-order valence-electron chi connectivity index (χ1n) is 11.3. The maximum absolute atomic E-state index is 13.4. The van der Waals surface area contributed by atoms with Gasteiger partial charge in [-0.3, -0.25) is 4.79 Å². The van der Waals surface area contributed by atoms with Crippen molar-refractivity contribution in [2.24, 2.45) is 0 Å². The highest BCUT2D eigenvalue weighted by Gasteiger charge is 2.36. The summed E-state index contributed by atoms with van der Waals surface area (Å²) >= 11 is 0. The molecule has 1 N–H and O–H groups in total. The molecule has 3 aromatic rings. The van der Waals surface area contributed by atoms with Gasteiger partial charge in [0.2, 0.25) is 5.91 Å². The number of benzene rings is 2. The third kappa shape index (κ3) is 4.06. The molecule has 3 heterocycles. The minimum atomic E-state index is -0.225. The second-order valence-corrected chi connectivity index (χ2v) is 8.69. The molecule has 170 valence electrons. The molecule has 7 nitrogen and oxygen atoms in total. The lowest BCUT2D eigenvalue weighted by atomic mass is 10.00. The van der Waals surface area contributed by atoms with Gasteiger partial charge in [-0.1, -0.05) is 29.8 Å². The fourth-order valence-corrected chi connectivity index (χ4v) is 4.78. The Morgan fingerprint density at radius 3 is 2.52 bits per heavy atom. The summed E-state index contributed by atoms with van der Waals surface area (Å²) in [7, 11) is 1.64. The average molecular weight is 445 g/mol. The van der Waals surface area contributed by atoms with Crippen LogP contribution in [-0.4, -0.2) is 47.6 Å². The first-order chi connectivity index (χ1) is 16.0. The van der Waals surface area contributed by atoms with E-state index in [1.165, 1.54) is 0 Å². The number of fused-ring (bicyclic) bond motifs is 1. The number of nitrogens with zero attached hydrogens (tertiary/aromatic N) is 3. The van der Waals surface area contributed by atoms with Crippen molar-refractivity contribution in [1.82, 2.24) is 14.8 Å². The van der Waals surface area contributed by atoms with Gasteiger partial charge in [-0.15, -0.1) is 0 Å². The summed E-state index contributed by atoms with van der Waals surface area (Å²) in [4.78, 5) is 29.7. The van der Waals surface area contributed by atoms with Crippen molar-refractivity contribution < 1.29 is 14.3 Å². The summed E-state index contributed by atoms with van der Waals surface area (Å²) in [6, 6.07) is 19.3. The topological polar surface area (TPSA) is 66.8 Å². The highest BCUT2D eigenvalue weighted by molar-refractivity contribution is 5.96. The minimum absolute atomic E-state index is 0.0309. The van der Waals surface area contributed by atoms with E-state index in [1.807, 2.05) is 66.4 Å². The molecule has 7 heteroatoms. The number of carbonyl (C=O) groups is 2. The van der Waals surface area contributed by atoms with Gasteiger partial charge in [-0.05, 0) is 48.9 Å². The van der Waals surface area contributed by atoms with Gasteiger partial charge in [0.1, 0.15) is 5.75 Å². The Balaban J connectivity index is 1.34. The molecule has 2 aliphatic rings. The first-order valence-corrected chi connectivity index (χ1v) is 11.3. The predicted octanol–water partition coefficient (Wildman–Crippen LogP) is 3.73. The molecule has 0 aliphatic carbocycles. The smallest absolute Gasteiger partial charge is 0.318 e. The fourth-order valence-electron chi connectivity index (χ4n) is 4.78. The van der Waals surface area contributed by atoms with Crippen molar-refractivity contribution in [2.75, 3.05) is 25.1 Å². The number of rotatable bonds is 4. The van der Waals surface area contributed by atoms with E-state index < -0.39 is 0 Å². The van der Waals surface area contributed by atoms with Gasteiger partial charge in [0, 0.05) is 43.6 Å². The van der Waals surface area contributed by atoms with Crippen LogP contribution in [0.15, 0.2) is 66.9 Å². The summed E-state index contributed by atoms with van der Waals surface area (Å²) in [5.41, 5.74) is 4.11. The van der Waals surface area contributed by atoms with Crippen molar-refractivity contribution in [1.29, 1.82) is 0 Å². The van der Waals surface area contributed by atoms with Gasteiger partial charge < -0.3 is 24.4 Å². The summed E-state index contributed by atoms with van der Waals surface area (Å²) in [6.07, 6.45) is 2.35. The summed E-state index contributed by atoms with van der Waals surface area (Å²) in [6.45, 7) is 3.83. The summed E-state index contributed by atoms with van der Waals surface area (Å²) in [5.74, 6) is 0.810. The number of ether oxygens (including phenoxy) is 1. The molecule has 0 bridgehead atoms. The molecule has 2 atom stereocenters. The largest absolute Gasteiger partial charge is 0.497 e. The predicted molar refractivity (Wildman–Crippen MR) is 126 cm³/mol. The number of nitrogens with one attached hydrogen (secondary N) is 1. The van der Waals surface area contributed by atoms with Crippen LogP contribution in [0.25, 0.3) is 0 Å². The number of hydrogen-bond donors (Lipinski definition) is 1. The number of amides is 3. The standard InChI is InChI=1S/C26H28N4O3/c1-18-5-9-21(10-6-18)30-17-20(16-24(30)31)27-26(32)29-15-14-28-13-3-4-23(28)25(29)19-7-11-22(33-2)12-8-19/h3-13,20,25H,14-17H2,1-2H3,(H,27,32). The van der Waals surface area contributed by atoms with Crippen LogP contribution in [0.1, 0.15) is 29.3 Å². The molecule has 0 saturated carbocycles. The van der Waals surface area contributed by atoms with Gasteiger partial charge in [-0.25, -0.2) is 4.79 Å². The van der Waals surface area contributed by atoms with Crippen LogP contribution in [0.2, 0.25) is 0 Å². The Morgan fingerprint density at radius 1 is 1.03 bits per heavy atom. The van der Waals surface area contributed by atoms with Gasteiger partial charge in [0.05, 0.1) is 19.2 Å². The fraction of sp³-hybridized carbons (Fsp3) is 0.308. The lowest BCUT2D eigenvalue weighted by Gasteiger charge is -2.38. The minimum Gasteiger partial charge on any atom is -0.497 e. The van der Waals surface area contributed by atoms with Gasteiger partial charge >= 0.3 is 6.03 Å². The van der Waals surface area contributed by atoms with E-state index in [0.717, 1.165) is 34.8 Å². The second-order valence-electron chi connectivity index (χ2n) is 8.69. The highest BCUT2D eigenvalue weighted by Crippen LogP contribution is 2.33. The monoisotopic (exact) mass is 444 g/mol. The Hall–Kier alpha value is -3.74. The van der Waals surface area contributed by atoms with Crippen LogP contribution in [-0.2, 0) is 11.3 Å². The molecule has 2 aliphatic heterocycles. The number of aromatic nitrogens is 1. The van der Waals surface area contributed by atoms with E-state index in [2.05, 4.69) is 22.1 Å². The van der Waals surface area contributed by atoms with E-state index in [9.17, 15) is 9.59 Å². The molecule has 1 fully saturated rings. The number of carbonyl (C=O) groups excluding carboxylic acids is 2. The van der Waals surface area contributed by atoms with Crippen molar-refractivity contribution in [2.45, 2.75) is 32.0 Å². The molecule has 1 saturated heterocycles. The van der Waals surface area contributed by atoms with Crippen molar-refractivity contribution >= 4 is 17.6 Å².